The lowest BCUT2D eigenvalue weighted by Gasteiger charge is -2.35. The van der Waals surface area contributed by atoms with Crippen LogP contribution in [0.15, 0.2) is 0 Å². The predicted octanol–water partition coefficient (Wildman–Crippen LogP) is 2.50. The number of rotatable bonds is 4. The third kappa shape index (κ3) is 4.52. The molecule has 1 saturated carbocycles. The van der Waals surface area contributed by atoms with Crippen molar-refractivity contribution < 1.29 is 9.53 Å². The molecule has 0 saturated heterocycles. The number of nitrogens with one attached hydrogen (secondary N) is 1. The molecule has 0 bridgehead atoms. The van der Waals surface area contributed by atoms with E-state index in [9.17, 15) is 4.79 Å². The highest BCUT2D eigenvalue weighted by molar-refractivity contribution is 5.69. The smallest absolute Gasteiger partial charge is 0.307 e. The van der Waals surface area contributed by atoms with Crippen molar-refractivity contribution in [3.8, 4) is 0 Å². The molecule has 94 valence electrons. The summed E-state index contributed by atoms with van der Waals surface area (Å²) >= 11 is 0. The molecule has 0 aromatic rings. The van der Waals surface area contributed by atoms with E-state index in [0.717, 1.165) is 0 Å². The highest BCUT2D eigenvalue weighted by atomic mass is 16.5. The summed E-state index contributed by atoms with van der Waals surface area (Å²) in [5.41, 5.74) is 0.504. The molecule has 1 unspecified atom stereocenters. The summed E-state index contributed by atoms with van der Waals surface area (Å²) in [7, 11) is 1.44. The number of carbonyl (C=O) groups excluding carboxylic acids is 1. The van der Waals surface area contributed by atoms with Gasteiger partial charge < -0.3 is 10.1 Å². The lowest BCUT2D eigenvalue weighted by Crippen LogP contribution is -2.41. The molecule has 3 nitrogen and oxygen atoms in total. The topological polar surface area (TPSA) is 38.3 Å². The zero-order chi connectivity index (χ0) is 12.2. The Kier molecular flexibility index (Phi) is 4.78. The second-order valence-electron chi connectivity index (χ2n) is 5.79. The van der Waals surface area contributed by atoms with Crippen molar-refractivity contribution in [3.63, 3.8) is 0 Å². The molecule has 1 N–H and O–H groups in total. The van der Waals surface area contributed by atoms with Crippen LogP contribution in [0, 0.1) is 5.41 Å². The molecule has 1 fully saturated rings. The Labute approximate surface area is 98.9 Å². The van der Waals surface area contributed by atoms with Gasteiger partial charge in [-0.15, -0.1) is 0 Å². The Morgan fingerprint density at radius 3 is 2.50 bits per heavy atom. The quantitative estimate of drug-likeness (QED) is 0.750. The molecule has 0 radical (unpaired) electrons. The normalized spacial score (nSPS) is 22.8. The van der Waals surface area contributed by atoms with E-state index in [1.54, 1.807) is 0 Å². The third-order valence-electron chi connectivity index (χ3n) is 3.56. The van der Waals surface area contributed by atoms with E-state index in [1.165, 1.54) is 32.8 Å². The lowest BCUT2D eigenvalue weighted by atomic mass is 9.75. The minimum absolute atomic E-state index is 0.129. The fourth-order valence-corrected chi connectivity index (χ4v) is 2.36. The second kappa shape index (κ2) is 5.67. The molecule has 1 aliphatic carbocycles. The number of esters is 1. The third-order valence-corrected chi connectivity index (χ3v) is 3.56. The summed E-state index contributed by atoms with van der Waals surface area (Å²) in [5.74, 6) is -0.129. The first kappa shape index (κ1) is 13.5. The average Bonchev–Trinajstić information content (AvgIpc) is 2.21. The van der Waals surface area contributed by atoms with E-state index in [1.807, 2.05) is 0 Å². The van der Waals surface area contributed by atoms with E-state index in [2.05, 4.69) is 30.8 Å². The van der Waals surface area contributed by atoms with Crippen LogP contribution in [0.5, 0.6) is 0 Å². The number of hydrogen-bond donors (Lipinski definition) is 1. The summed E-state index contributed by atoms with van der Waals surface area (Å²) in [5, 5.41) is 3.52. The number of ether oxygens (including phenoxy) is 1. The number of methoxy groups -OCH3 is 1. The molecule has 1 rings (SSSR count). The Morgan fingerprint density at radius 2 is 2.00 bits per heavy atom. The van der Waals surface area contributed by atoms with Crippen LogP contribution in [0.1, 0.15) is 52.9 Å². The zero-order valence-electron chi connectivity index (χ0n) is 11.0. The summed E-state index contributed by atoms with van der Waals surface area (Å²) in [6, 6.07) is 0.798. The maximum atomic E-state index is 11.1. The minimum atomic E-state index is -0.129. The first-order chi connectivity index (χ1) is 7.43. The van der Waals surface area contributed by atoms with E-state index in [4.69, 9.17) is 0 Å². The van der Waals surface area contributed by atoms with Gasteiger partial charge in [0, 0.05) is 12.1 Å². The molecule has 16 heavy (non-hydrogen) atoms. The van der Waals surface area contributed by atoms with Crippen molar-refractivity contribution in [2.24, 2.45) is 5.41 Å². The van der Waals surface area contributed by atoms with Crippen molar-refractivity contribution in [2.45, 2.75) is 65.0 Å². The van der Waals surface area contributed by atoms with Gasteiger partial charge >= 0.3 is 5.97 Å². The Balaban J connectivity index is 2.25. The number of hydrogen-bond acceptors (Lipinski definition) is 3. The van der Waals surface area contributed by atoms with Gasteiger partial charge in [0.1, 0.15) is 0 Å². The summed E-state index contributed by atoms with van der Waals surface area (Å²) in [6.07, 6.45) is 5.46. The monoisotopic (exact) mass is 227 g/mol. The van der Waals surface area contributed by atoms with E-state index in [0.29, 0.717) is 17.9 Å². The maximum absolute atomic E-state index is 11.1. The van der Waals surface area contributed by atoms with E-state index in [-0.39, 0.29) is 12.0 Å². The highest BCUT2D eigenvalue weighted by Gasteiger charge is 2.27. The van der Waals surface area contributed by atoms with Gasteiger partial charge in [0.15, 0.2) is 0 Å². The molecule has 0 spiro atoms. The van der Waals surface area contributed by atoms with Crippen LogP contribution >= 0.6 is 0 Å². The molecule has 0 aliphatic heterocycles. The molecule has 1 aliphatic rings. The van der Waals surface area contributed by atoms with Gasteiger partial charge in [0.25, 0.3) is 0 Å². The Bertz CT molecular complexity index is 228. The number of carbonyl (C=O) groups is 1. The van der Waals surface area contributed by atoms with Crippen LogP contribution in [0.4, 0.5) is 0 Å². The van der Waals surface area contributed by atoms with Gasteiger partial charge in [0.2, 0.25) is 0 Å². The van der Waals surface area contributed by atoms with Gasteiger partial charge in [-0.1, -0.05) is 13.8 Å². The van der Waals surface area contributed by atoms with Crippen LogP contribution in [-0.4, -0.2) is 25.2 Å². The van der Waals surface area contributed by atoms with Gasteiger partial charge in [-0.3, -0.25) is 4.79 Å². The summed E-state index contributed by atoms with van der Waals surface area (Å²) in [4.78, 5) is 11.1. The van der Waals surface area contributed by atoms with E-state index < -0.39 is 0 Å². The van der Waals surface area contributed by atoms with Crippen molar-refractivity contribution in [3.05, 3.63) is 0 Å². The highest BCUT2D eigenvalue weighted by Crippen LogP contribution is 2.35. The fourth-order valence-electron chi connectivity index (χ4n) is 2.36. The Hall–Kier alpha value is -0.570. The molecule has 0 aromatic heterocycles. The van der Waals surface area contributed by atoms with Crippen LogP contribution in [0.3, 0.4) is 0 Å². The maximum Gasteiger partial charge on any atom is 0.307 e. The molecular formula is C13H25NO2. The SMILES string of the molecule is COC(=O)CC(C)NC1CCC(C)(C)CC1. The van der Waals surface area contributed by atoms with Crippen molar-refractivity contribution in [1.82, 2.24) is 5.32 Å². The van der Waals surface area contributed by atoms with Gasteiger partial charge in [-0.2, -0.15) is 0 Å². The first-order valence-electron chi connectivity index (χ1n) is 6.26. The minimum Gasteiger partial charge on any atom is -0.469 e. The average molecular weight is 227 g/mol. The molecular weight excluding hydrogens is 202 g/mol. The van der Waals surface area contributed by atoms with Crippen LogP contribution in [0.25, 0.3) is 0 Å². The first-order valence-corrected chi connectivity index (χ1v) is 6.26. The summed E-state index contributed by atoms with van der Waals surface area (Å²) in [6.45, 7) is 6.72. The predicted molar refractivity (Wildman–Crippen MR) is 65.3 cm³/mol. The van der Waals surface area contributed by atoms with Crippen LogP contribution in [-0.2, 0) is 9.53 Å². The molecule has 0 amide bonds. The second-order valence-corrected chi connectivity index (χ2v) is 5.79. The summed E-state index contributed by atoms with van der Waals surface area (Å²) < 4.78 is 4.66. The van der Waals surface area contributed by atoms with Crippen molar-refractivity contribution in [1.29, 1.82) is 0 Å². The van der Waals surface area contributed by atoms with Crippen LogP contribution in [0.2, 0.25) is 0 Å². The van der Waals surface area contributed by atoms with E-state index >= 15 is 0 Å². The van der Waals surface area contributed by atoms with Crippen molar-refractivity contribution in [2.75, 3.05) is 7.11 Å². The standard InChI is InChI=1S/C13H25NO2/c1-10(9-12(15)16-4)14-11-5-7-13(2,3)8-6-11/h10-11,14H,5-9H2,1-4H3. The largest absolute Gasteiger partial charge is 0.469 e. The molecule has 0 heterocycles. The fraction of sp³-hybridized carbons (Fsp3) is 0.923. The van der Waals surface area contributed by atoms with Crippen molar-refractivity contribution >= 4 is 5.97 Å². The zero-order valence-corrected chi connectivity index (χ0v) is 11.0. The Morgan fingerprint density at radius 1 is 1.44 bits per heavy atom. The molecule has 1 atom stereocenters. The lowest BCUT2D eigenvalue weighted by molar-refractivity contribution is -0.141. The van der Waals surface area contributed by atoms with Crippen LogP contribution < -0.4 is 5.32 Å². The van der Waals surface area contributed by atoms with Gasteiger partial charge in [-0.05, 0) is 38.0 Å². The van der Waals surface area contributed by atoms with Gasteiger partial charge in [0.05, 0.1) is 13.5 Å². The van der Waals surface area contributed by atoms with Gasteiger partial charge in [-0.25, -0.2) is 0 Å². The molecule has 0 aromatic carbocycles. The molecule has 3 heteroatoms.